The Kier molecular flexibility index (Phi) is 4.23. The summed E-state index contributed by atoms with van der Waals surface area (Å²) in [6, 6.07) is 5.40. The van der Waals surface area contributed by atoms with E-state index in [1.807, 2.05) is 6.07 Å². The van der Waals surface area contributed by atoms with Crippen molar-refractivity contribution in [3.05, 3.63) is 56.9 Å². The Hall–Kier alpha value is -2.68. The molecule has 1 aromatic carbocycles. The number of halogens is 2. The van der Waals surface area contributed by atoms with E-state index in [0.29, 0.717) is 11.3 Å². The van der Waals surface area contributed by atoms with Crippen molar-refractivity contribution in [2.75, 3.05) is 5.32 Å². The van der Waals surface area contributed by atoms with E-state index >= 15 is 0 Å². The predicted octanol–water partition coefficient (Wildman–Crippen LogP) is 2.60. The molecule has 0 aliphatic heterocycles. The molecule has 1 saturated carbocycles. The van der Waals surface area contributed by atoms with Gasteiger partial charge in [-0.15, -0.1) is 0 Å². The average Bonchev–Trinajstić information content (AvgIpc) is 3.44. The number of benzene rings is 1. The third-order valence-corrected chi connectivity index (χ3v) is 4.57. The Bertz CT molecular complexity index is 1060. The lowest BCUT2D eigenvalue weighted by molar-refractivity contribution is -0.117. The molecular formula is C17H13BrFN5O2. The fraction of sp³-hybridized carbons (Fsp3) is 0.235. The first-order valence-corrected chi connectivity index (χ1v) is 8.78. The summed E-state index contributed by atoms with van der Waals surface area (Å²) in [6.45, 7) is -0.273. The lowest BCUT2D eigenvalue weighted by Crippen LogP contribution is -2.31. The number of carbonyl (C=O) groups is 1. The van der Waals surface area contributed by atoms with Gasteiger partial charge in [0, 0.05) is 15.8 Å². The van der Waals surface area contributed by atoms with E-state index in [1.165, 1.54) is 0 Å². The molecule has 2 heterocycles. The van der Waals surface area contributed by atoms with E-state index in [1.54, 1.807) is 12.1 Å². The number of rotatable bonds is 4. The van der Waals surface area contributed by atoms with Crippen LogP contribution in [0.2, 0.25) is 0 Å². The van der Waals surface area contributed by atoms with Gasteiger partial charge in [0.1, 0.15) is 6.54 Å². The first kappa shape index (κ1) is 16.8. The quantitative estimate of drug-likeness (QED) is 0.704. The van der Waals surface area contributed by atoms with E-state index in [2.05, 4.69) is 36.3 Å². The number of carbonyl (C=O) groups excluding carboxylic acids is 1. The van der Waals surface area contributed by atoms with Crippen LogP contribution in [0.15, 0.2) is 39.9 Å². The zero-order valence-corrected chi connectivity index (χ0v) is 15.0. The SMILES string of the molecule is O=C(Cn1nc(C2CC2)c2cc(Br)ccc2c1=O)Nc1ncc(F)cn1. The molecule has 1 fully saturated rings. The number of anilines is 1. The average molecular weight is 418 g/mol. The van der Waals surface area contributed by atoms with Gasteiger partial charge < -0.3 is 0 Å². The van der Waals surface area contributed by atoms with Crippen LogP contribution in [-0.4, -0.2) is 25.7 Å². The molecule has 3 aromatic rings. The minimum atomic E-state index is -0.601. The van der Waals surface area contributed by atoms with Crippen LogP contribution in [-0.2, 0) is 11.3 Å². The van der Waals surface area contributed by atoms with Crippen molar-refractivity contribution in [1.29, 1.82) is 0 Å². The Morgan fingerprint density at radius 1 is 1.27 bits per heavy atom. The van der Waals surface area contributed by atoms with Crippen molar-refractivity contribution in [1.82, 2.24) is 19.7 Å². The van der Waals surface area contributed by atoms with Crippen LogP contribution in [0, 0.1) is 5.82 Å². The molecule has 7 nitrogen and oxygen atoms in total. The van der Waals surface area contributed by atoms with Crippen LogP contribution in [0.4, 0.5) is 10.3 Å². The zero-order valence-electron chi connectivity index (χ0n) is 13.4. The van der Waals surface area contributed by atoms with Crippen molar-refractivity contribution in [3.8, 4) is 0 Å². The molecule has 132 valence electrons. The molecule has 2 aromatic heterocycles. The first-order chi connectivity index (χ1) is 12.5. The van der Waals surface area contributed by atoms with Crippen molar-refractivity contribution >= 4 is 38.6 Å². The number of amides is 1. The standard InChI is InChI=1S/C17H13BrFN5O2/c18-10-3-4-12-13(5-10)15(9-1-2-9)23-24(16(12)26)8-14(25)22-17-20-6-11(19)7-21-17/h3-7,9H,1-2,8H2,(H,20,21,22,25). The third kappa shape index (κ3) is 3.34. The van der Waals surface area contributed by atoms with Crippen LogP contribution >= 0.6 is 15.9 Å². The van der Waals surface area contributed by atoms with Crippen molar-refractivity contribution in [2.24, 2.45) is 0 Å². The molecular weight excluding hydrogens is 405 g/mol. The van der Waals surface area contributed by atoms with Crippen LogP contribution in [0.5, 0.6) is 0 Å². The Morgan fingerprint density at radius 2 is 2.00 bits per heavy atom. The molecule has 9 heteroatoms. The van der Waals surface area contributed by atoms with Gasteiger partial charge in [0.2, 0.25) is 11.9 Å². The second-order valence-electron chi connectivity index (χ2n) is 6.09. The molecule has 0 radical (unpaired) electrons. The maximum absolute atomic E-state index is 12.8. The summed E-state index contributed by atoms with van der Waals surface area (Å²) in [7, 11) is 0. The van der Waals surface area contributed by atoms with Crippen molar-refractivity contribution in [2.45, 2.75) is 25.3 Å². The van der Waals surface area contributed by atoms with E-state index in [4.69, 9.17) is 0 Å². The van der Waals surface area contributed by atoms with E-state index in [9.17, 15) is 14.0 Å². The maximum Gasteiger partial charge on any atom is 0.275 e. The largest absolute Gasteiger partial charge is 0.293 e. The number of hydrogen-bond acceptors (Lipinski definition) is 5. The second kappa shape index (κ2) is 6.56. The Morgan fingerprint density at radius 3 is 2.69 bits per heavy atom. The van der Waals surface area contributed by atoms with E-state index < -0.39 is 11.7 Å². The fourth-order valence-corrected chi connectivity index (χ4v) is 3.09. The van der Waals surface area contributed by atoms with Gasteiger partial charge in [0.05, 0.1) is 23.5 Å². The molecule has 26 heavy (non-hydrogen) atoms. The number of nitrogens with zero attached hydrogens (tertiary/aromatic N) is 4. The van der Waals surface area contributed by atoms with Gasteiger partial charge in [0.15, 0.2) is 5.82 Å². The number of hydrogen-bond donors (Lipinski definition) is 1. The van der Waals surface area contributed by atoms with Crippen LogP contribution in [0.1, 0.15) is 24.5 Å². The fourth-order valence-electron chi connectivity index (χ4n) is 2.73. The normalized spacial score (nSPS) is 13.8. The number of nitrogens with one attached hydrogen (secondary N) is 1. The summed E-state index contributed by atoms with van der Waals surface area (Å²) < 4.78 is 14.9. The summed E-state index contributed by atoms with van der Waals surface area (Å²) in [4.78, 5) is 32.2. The lowest BCUT2D eigenvalue weighted by atomic mass is 10.1. The van der Waals surface area contributed by atoms with Crippen molar-refractivity contribution < 1.29 is 9.18 Å². The molecule has 1 aliphatic rings. The molecule has 0 atom stereocenters. The highest BCUT2D eigenvalue weighted by molar-refractivity contribution is 9.10. The summed E-state index contributed by atoms with van der Waals surface area (Å²) in [5.74, 6) is -0.834. The van der Waals surface area contributed by atoms with Gasteiger partial charge in [0.25, 0.3) is 5.56 Å². The minimum absolute atomic E-state index is 0.0309. The first-order valence-electron chi connectivity index (χ1n) is 7.99. The third-order valence-electron chi connectivity index (χ3n) is 4.08. The highest BCUT2D eigenvalue weighted by Gasteiger charge is 2.29. The smallest absolute Gasteiger partial charge is 0.275 e. The summed E-state index contributed by atoms with van der Waals surface area (Å²) in [5.41, 5.74) is 0.485. The number of fused-ring (bicyclic) bond motifs is 1. The second-order valence-corrected chi connectivity index (χ2v) is 7.00. The van der Waals surface area contributed by atoms with Crippen LogP contribution < -0.4 is 10.9 Å². The molecule has 4 rings (SSSR count). The topological polar surface area (TPSA) is 89.8 Å². The lowest BCUT2D eigenvalue weighted by Gasteiger charge is -2.11. The van der Waals surface area contributed by atoms with Gasteiger partial charge in [-0.1, -0.05) is 15.9 Å². The molecule has 0 spiro atoms. The van der Waals surface area contributed by atoms with E-state index in [-0.39, 0.29) is 18.1 Å². The highest BCUT2D eigenvalue weighted by atomic mass is 79.9. The summed E-state index contributed by atoms with van der Waals surface area (Å²) in [5, 5.41) is 8.19. The van der Waals surface area contributed by atoms with Gasteiger partial charge in [-0.05, 0) is 31.0 Å². The van der Waals surface area contributed by atoms with Crippen LogP contribution in [0.25, 0.3) is 10.8 Å². The van der Waals surface area contributed by atoms with Gasteiger partial charge in [-0.25, -0.2) is 19.0 Å². The molecule has 0 bridgehead atoms. The summed E-state index contributed by atoms with van der Waals surface area (Å²) in [6.07, 6.45) is 3.93. The maximum atomic E-state index is 12.8. The monoisotopic (exact) mass is 417 g/mol. The molecule has 0 saturated heterocycles. The predicted molar refractivity (Wildman–Crippen MR) is 96.3 cm³/mol. The Labute approximate surface area is 155 Å². The van der Waals surface area contributed by atoms with Crippen LogP contribution in [0.3, 0.4) is 0 Å². The van der Waals surface area contributed by atoms with Crippen molar-refractivity contribution in [3.63, 3.8) is 0 Å². The highest BCUT2D eigenvalue weighted by Crippen LogP contribution is 2.41. The summed E-state index contributed by atoms with van der Waals surface area (Å²) >= 11 is 3.42. The Balaban J connectivity index is 1.66. The zero-order chi connectivity index (χ0) is 18.3. The van der Waals surface area contributed by atoms with Gasteiger partial charge in [-0.2, -0.15) is 5.10 Å². The number of aromatic nitrogens is 4. The molecule has 1 amide bonds. The molecule has 1 N–H and O–H groups in total. The van der Waals surface area contributed by atoms with Gasteiger partial charge in [-0.3, -0.25) is 14.9 Å². The minimum Gasteiger partial charge on any atom is -0.293 e. The van der Waals surface area contributed by atoms with E-state index in [0.717, 1.165) is 45.5 Å². The molecule has 1 aliphatic carbocycles. The van der Waals surface area contributed by atoms with Gasteiger partial charge >= 0.3 is 0 Å². The molecule has 0 unspecified atom stereocenters.